The molecule has 33 heavy (non-hydrogen) atoms. The van der Waals surface area contributed by atoms with Gasteiger partial charge < -0.3 is 30.4 Å². The number of thioether (sulfide) groups is 1. The molecule has 10 nitrogen and oxygen atoms in total. The number of aliphatic hydroxyl groups is 2. The molecule has 6 atom stereocenters. The molecule has 1 unspecified atom stereocenters. The van der Waals surface area contributed by atoms with Gasteiger partial charge in [-0.2, -0.15) is 0 Å². The summed E-state index contributed by atoms with van der Waals surface area (Å²) in [7, 11) is 0. The van der Waals surface area contributed by atoms with Crippen molar-refractivity contribution in [3.63, 3.8) is 0 Å². The second-order valence-electron chi connectivity index (χ2n) is 9.45. The van der Waals surface area contributed by atoms with E-state index in [-0.39, 0.29) is 47.4 Å². The summed E-state index contributed by atoms with van der Waals surface area (Å²) in [6, 6.07) is -0.627. The number of aliphatic hydroxyl groups excluding tert-OH is 2. The number of fused-ring (bicyclic) bond motifs is 1. The molecule has 0 aliphatic carbocycles. The predicted molar refractivity (Wildman–Crippen MR) is 122 cm³/mol. The number of amides is 2. The van der Waals surface area contributed by atoms with Gasteiger partial charge in [-0.25, -0.2) is 4.79 Å². The maximum Gasteiger partial charge on any atom is 0.353 e. The molecule has 0 aromatic rings. The number of hydrogen-bond donors (Lipinski definition) is 4. The molecule has 0 aromatic heterocycles. The maximum atomic E-state index is 13.1. The van der Waals surface area contributed by atoms with Gasteiger partial charge in [0, 0.05) is 48.8 Å². The summed E-state index contributed by atoms with van der Waals surface area (Å²) >= 11 is 1.46. The van der Waals surface area contributed by atoms with Crippen molar-refractivity contribution in [2.75, 3.05) is 45.9 Å². The Kier molecular flexibility index (Phi) is 7.35. The smallest absolute Gasteiger partial charge is 0.353 e. The number of β-amino-alcohol motifs (C(OH)–C–C–N with tert-alkyl or cyclic N) is 1. The topological polar surface area (TPSA) is 134 Å². The van der Waals surface area contributed by atoms with Crippen LogP contribution in [-0.2, 0) is 14.4 Å². The molecule has 184 valence electrons. The van der Waals surface area contributed by atoms with E-state index < -0.39 is 18.0 Å². The van der Waals surface area contributed by atoms with Crippen LogP contribution in [0.3, 0.4) is 0 Å². The van der Waals surface area contributed by atoms with Gasteiger partial charge in [-0.05, 0) is 26.3 Å². The number of nitrogens with one attached hydrogen (secondary N) is 1. The lowest BCUT2D eigenvalue weighted by molar-refractivity contribution is -0.163. The van der Waals surface area contributed by atoms with Gasteiger partial charge in [0.15, 0.2) is 0 Å². The highest BCUT2D eigenvalue weighted by molar-refractivity contribution is 8.03. The first-order chi connectivity index (χ1) is 15.7. The lowest BCUT2D eigenvalue weighted by atomic mass is 9.79. The number of carboxylic acids is 1. The number of carbonyl (C=O) groups excluding carboxylic acids is 2. The van der Waals surface area contributed by atoms with Gasteiger partial charge >= 0.3 is 5.97 Å². The van der Waals surface area contributed by atoms with Crippen LogP contribution in [0, 0.1) is 11.8 Å². The molecule has 3 saturated heterocycles. The number of hydrogen-bond acceptors (Lipinski definition) is 8. The maximum absolute atomic E-state index is 13.1. The molecule has 0 spiro atoms. The van der Waals surface area contributed by atoms with Crippen LogP contribution in [0.1, 0.15) is 26.7 Å². The van der Waals surface area contributed by atoms with E-state index in [1.54, 1.807) is 6.92 Å². The standard InChI is InChI=1S/C22H34N4O6S/c1-12-17-16(13(2)28)21(30)26(17)18(22(31)32)19(12)33-14-10-15(23-11-14)20(29)25-5-3-4-24(6-7-25)8-9-27/h12-17,23,27-28H,3-11H2,1-2H3,(H,31,32)/t12-,13?,14+,15+,16-,17-/m1/s1. The van der Waals surface area contributed by atoms with Gasteiger partial charge in [0.1, 0.15) is 5.70 Å². The SMILES string of the molecule is CC(O)[C@H]1C(=O)N2C(C(=O)O)=C(S[C@@H]3CN[C@H](C(=O)N4CCCN(CCO)CC4)C3)[C@H](C)[C@H]12. The van der Waals surface area contributed by atoms with E-state index in [1.165, 1.54) is 16.7 Å². The molecule has 0 bridgehead atoms. The second kappa shape index (κ2) is 9.91. The van der Waals surface area contributed by atoms with E-state index in [2.05, 4.69) is 10.2 Å². The normalized spacial score (nSPS) is 33.7. The minimum Gasteiger partial charge on any atom is -0.477 e. The van der Waals surface area contributed by atoms with Crippen LogP contribution in [-0.4, -0.2) is 117 Å². The van der Waals surface area contributed by atoms with Crippen LogP contribution in [0.4, 0.5) is 0 Å². The van der Waals surface area contributed by atoms with Gasteiger partial charge in [0.05, 0.1) is 30.7 Å². The van der Waals surface area contributed by atoms with Gasteiger partial charge in [0.2, 0.25) is 11.8 Å². The van der Waals surface area contributed by atoms with E-state index in [4.69, 9.17) is 5.11 Å². The van der Waals surface area contributed by atoms with E-state index in [0.717, 1.165) is 19.5 Å². The fourth-order valence-corrected chi connectivity index (χ4v) is 7.09. The molecular formula is C22H34N4O6S. The summed E-state index contributed by atoms with van der Waals surface area (Å²) in [5.74, 6) is -2.12. The third-order valence-electron chi connectivity index (χ3n) is 7.31. The van der Waals surface area contributed by atoms with Crippen LogP contribution in [0.2, 0.25) is 0 Å². The van der Waals surface area contributed by atoms with E-state index in [1.807, 2.05) is 11.8 Å². The number of rotatable bonds is 7. The summed E-state index contributed by atoms with van der Waals surface area (Å²) in [6.45, 7) is 7.77. The number of β-lactam (4-membered cyclic amide) rings is 1. The average Bonchev–Trinajstić information content (AvgIpc) is 3.22. The number of nitrogens with zero attached hydrogens (tertiary/aromatic N) is 3. The Balaban J connectivity index is 1.39. The average molecular weight is 483 g/mol. The quantitative estimate of drug-likeness (QED) is 0.342. The molecule has 4 N–H and O–H groups in total. The Bertz CT molecular complexity index is 836. The minimum atomic E-state index is -1.13. The zero-order valence-corrected chi connectivity index (χ0v) is 20.0. The molecule has 2 amide bonds. The molecule has 0 radical (unpaired) electrons. The van der Waals surface area contributed by atoms with E-state index >= 15 is 0 Å². The Morgan fingerprint density at radius 3 is 2.67 bits per heavy atom. The van der Waals surface area contributed by atoms with Crippen molar-refractivity contribution in [2.45, 2.75) is 50.1 Å². The van der Waals surface area contributed by atoms with Crippen molar-refractivity contribution in [1.29, 1.82) is 0 Å². The zero-order chi connectivity index (χ0) is 23.9. The zero-order valence-electron chi connectivity index (χ0n) is 19.1. The molecule has 11 heteroatoms. The van der Waals surface area contributed by atoms with Crippen LogP contribution in [0.5, 0.6) is 0 Å². The predicted octanol–water partition coefficient (Wildman–Crippen LogP) is -0.870. The van der Waals surface area contributed by atoms with Crippen LogP contribution in [0.25, 0.3) is 0 Å². The molecule has 0 aromatic carbocycles. The Morgan fingerprint density at radius 1 is 1.24 bits per heavy atom. The summed E-state index contributed by atoms with van der Waals surface area (Å²) < 4.78 is 0. The Hall–Kier alpha value is -1.66. The fraction of sp³-hybridized carbons (Fsp3) is 0.773. The molecule has 4 aliphatic rings. The first kappa shape index (κ1) is 24.5. The van der Waals surface area contributed by atoms with Gasteiger partial charge in [-0.3, -0.25) is 14.5 Å². The van der Waals surface area contributed by atoms with Crippen molar-refractivity contribution in [1.82, 2.24) is 20.0 Å². The first-order valence-electron chi connectivity index (χ1n) is 11.7. The largest absolute Gasteiger partial charge is 0.477 e. The summed E-state index contributed by atoms with van der Waals surface area (Å²) in [5.41, 5.74) is 0.0330. The second-order valence-corrected chi connectivity index (χ2v) is 10.8. The Morgan fingerprint density at radius 2 is 2.00 bits per heavy atom. The van der Waals surface area contributed by atoms with Crippen LogP contribution >= 0.6 is 11.8 Å². The highest BCUT2D eigenvalue weighted by Gasteiger charge is 2.60. The van der Waals surface area contributed by atoms with Gasteiger partial charge in [-0.15, -0.1) is 11.8 Å². The number of carboxylic acid groups (broad SMARTS) is 1. The van der Waals surface area contributed by atoms with Crippen molar-refractivity contribution in [3.8, 4) is 0 Å². The van der Waals surface area contributed by atoms with Crippen LogP contribution < -0.4 is 5.32 Å². The molecule has 4 aliphatic heterocycles. The van der Waals surface area contributed by atoms with Crippen molar-refractivity contribution < 1.29 is 29.7 Å². The first-order valence-corrected chi connectivity index (χ1v) is 12.6. The van der Waals surface area contributed by atoms with E-state index in [9.17, 15) is 24.6 Å². The van der Waals surface area contributed by atoms with Crippen molar-refractivity contribution in [2.24, 2.45) is 11.8 Å². The lowest BCUT2D eigenvalue weighted by Crippen LogP contribution is -2.63. The highest BCUT2D eigenvalue weighted by atomic mass is 32.2. The van der Waals surface area contributed by atoms with Gasteiger partial charge in [0.25, 0.3) is 0 Å². The molecule has 3 fully saturated rings. The lowest BCUT2D eigenvalue weighted by Gasteiger charge is -2.46. The van der Waals surface area contributed by atoms with Crippen molar-refractivity contribution in [3.05, 3.63) is 10.6 Å². The molecular weight excluding hydrogens is 448 g/mol. The van der Waals surface area contributed by atoms with Crippen LogP contribution in [0.15, 0.2) is 10.6 Å². The monoisotopic (exact) mass is 482 g/mol. The minimum absolute atomic E-state index is 0.0300. The summed E-state index contributed by atoms with van der Waals surface area (Å²) in [6.07, 6.45) is 0.651. The highest BCUT2D eigenvalue weighted by Crippen LogP contribution is 2.51. The molecule has 4 heterocycles. The Labute approximate surface area is 198 Å². The number of aliphatic carboxylic acids is 1. The molecule has 0 saturated carbocycles. The van der Waals surface area contributed by atoms with Crippen molar-refractivity contribution >= 4 is 29.5 Å². The van der Waals surface area contributed by atoms with E-state index in [0.29, 0.717) is 37.5 Å². The summed E-state index contributed by atoms with van der Waals surface area (Å²) in [4.78, 5) is 43.7. The fourth-order valence-electron chi connectivity index (χ4n) is 5.62. The third kappa shape index (κ3) is 4.53. The molecule has 4 rings (SSSR count). The van der Waals surface area contributed by atoms with Gasteiger partial charge in [-0.1, -0.05) is 6.92 Å². The number of carbonyl (C=O) groups is 3. The third-order valence-corrected chi connectivity index (χ3v) is 8.82. The summed E-state index contributed by atoms with van der Waals surface area (Å²) in [5, 5.41) is 32.3.